The van der Waals surface area contributed by atoms with Gasteiger partial charge in [-0.3, -0.25) is 4.79 Å². The van der Waals surface area contributed by atoms with Crippen molar-refractivity contribution in [3.05, 3.63) is 11.6 Å². The third-order valence-corrected chi connectivity index (χ3v) is 1.65. The molecule has 0 radical (unpaired) electrons. The van der Waals surface area contributed by atoms with Gasteiger partial charge in [0.15, 0.2) is 0 Å². The van der Waals surface area contributed by atoms with E-state index in [4.69, 9.17) is 0 Å². The van der Waals surface area contributed by atoms with Crippen molar-refractivity contribution in [2.75, 3.05) is 0 Å². The maximum atomic E-state index is 10.8. The Hall–Kier alpha value is 0.260. The van der Waals surface area contributed by atoms with Crippen molar-refractivity contribution in [3.8, 4) is 0 Å². The van der Waals surface area contributed by atoms with Gasteiger partial charge in [0, 0.05) is 6.08 Å². The minimum Gasteiger partial charge on any atom is -0.301 e. The Morgan fingerprint density at radius 1 is 1.50 bits per heavy atom. The molecule has 0 aromatic carbocycles. The summed E-state index contributed by atoms with van der Waals surface area (Å²) < 4.78 is 2.55. The van der Waals surface area contributed by atoms with E-state index in [1.165, 1.54) is 6.08 Å². The number of rotatable bonds is 2. The molecule has 0 heterocycles. The van der Waals surface area contributed by atoms with Crippen LogP contribution in [0.3, 0.4) is 0 Å². The molecular formula is C5H11NOS3. The second-order valence-corrected chi connectivity index (χ2v) is 6.14. The lowest BCUT2D eigenvalue weighted by atomic mass is 10.3. The van der Waals surface area contributed by atoms with E-state index in [9.17, 15) is 4.79 Å². The molecule has 0 saturated carbocycles. The SMILES string of the molecule is CC(C)=CC(=O)N[SH](S)S. The number of nitrogens with one attached hydrogen (secondary N) is 1. The molecule has 60 valence electrons. The van der Waals surface area contributed by atoms with Crippen LogP contribution in [0.2, 0.25) is 0 Å². The van der Waals surface area contributed by atoms with Crippen molar-refractivity contribution in [3.63, 3.8) is 0 Å². The first-order chi connectivity index (χ1) is 4.52. The zero-order valence-electron chi connectivity index (χ0n) is 5.83. The van der Waals surface area contributed by atoms with E-state index in [1.807, 2.05) is 13.8 Å². The van der Waals surface area contributed by atoms with Gasteiger partial charge in [0.05, 0.1) is 0 Å². The first-order valence-corrected chi connectivity index (χ1v) is 6.30. The fourth-order valence-electron chi connectivity index (χ4n) is 0.393. The van der Waals surface area contributed by atoms with Crippen molar-refractivity contribution in [2.24, 2.45) is 0 Å². The average molecular weight is 197 g/mol. The molecule has 1 amide bonds. The summed E-state index contributed by atoms with van der Waals surface area (Å²) >= 11 is 7.86. The molecule has 0 aliphatic heterocycles. The van der Waals surface area contributed by atoms with Gasteiger partial charge < -0.3 is 4.72 Å². The van der Waals surface area contributed by atoms with Gasteiger partial charge in [0.25, 0.3) is 5.91 Å². The largest absolute Gasteiger partial charge is 0.301 e. The molecule has 0 aliphatic carbocycles. The number of hydrogen-bond donors (Lipinski definition) is 4. The number of amides is 1. The summed E-state index contributed by atoms with van der Waals surface area (Å²) in [6.45, 7) is 3.72. The molecule has 0 aliphatic rings. The van der Waals surface area contributed by atoms with Crippen molar-refractivity contribution in [1.29, 1.82) is 0 Å². The quantitative estimate of drug-likeness (QED) is 0.303. The van der Waals surface area contributed by atoms with Gasteiger partial charge in [-0.1, -0.05) is 14.7 Å². The second-order valence-electron chi connectivity index (χ2n) is 1.99. The van der Waals surface area contributed by atoms with Crippen LogP contribution in [-0.4, -0.2) is 5.91 Å². The normalized spacial score (nSPS) is 10.2. The van der Waals surface area contributed by atoms with E-state index in [-0.39, 0.29) is 5.91 Å². The van der Waals surface area contributed by atoms with Gasteiger partial charge >= 0.3 is 0 Å². The summed E-state index contributed by atoms with van der Waals surface area (Å²) in [4.78, 5) is 10.8. The summed E-state index contributed by atoms with van der Waals surface area (Å²) in [5, 5.41) is 0. The molecule has 0 saturated heterocycles. The van der Waals surface area contributed by atoms with Crippen LogP contribution in [0.4, 0.5) is 0 Å². The predicted octanol–water partition coefficient (Wildman–Crippen LogP) is 1.67. The third-order valence-electron chi connectivity index (χ3n) is 0.630. The molecule has 0 aromatic heterocycles. The molecular weight excluding hydrogens is 186 g/mol. The van der Waals surface area contributed by atoms with Crippen LogP contribution >= 0.6 is 32.5 Å². The summed E-state index contributed by atoms with van der Waals surface area (Å²) in [6.07, 6.45) is 1.52. The van der Waals surface area contributed by atoms with Crippen LogP contribution in [0.1, 0.15) is 13.8 Å². The Morgan fingerprint density at radius 2 is 2.00 bits per heavy atom. The van der Waals surface area contributed by atoms with Gasteiger partial charge in [0.1, 0.15) is 0 Å². The number of thiol groups is 3. The molecule has 0 aromatic rings. The van der Waals surface area contributed by atoms with Crippen molar-refractivity contribution >= 4 is 38.4 Å². The number of carbonyl (C=O) groups excluding carboxylic acids is 1. The summed E-state index contributed by atoms with van der Waals surface area (Å²) in [6, 6.07) is 0. The molecule has 2 nitrogen and oxygen atoms in total. The Labute approximate surface area is 73.6 Å². The van der Waals surface area contributed by atoms with Crippen LogP contribution in [0, 0.1) is 0 Å². The molecule has 0 bridgehead atoms. The van der Waals surface area contributed by atoms with E-state index >= 15 is 0 Å². The monoisotopic (exact) mass is 197 g/mol. The molecule has 1 N–H and O–H groups in total. The highest BCUT2D eigenvalue weighted by Crippen LogP contribution is 2.29. The smallest absolute Gasteiger partial charge is 0.253 e. The highest BCUT2D eigenvalue weighted by molar-refractivity contribution is 9.08. The van der Waals surface area contributed by atoms with Crippen LogP contribution in [0.5, 0.6) is 0 Å². The fourth-order valence-corrected chi connectivity index (χ4v) is 1.25. The van der Waals surface area contributed by atoms with Gasteiger partial charge in [-0.15, -0.1) is 23.3 Å². The summed E-state index contributed by atoms with van der Waals surface area (Å²) in [7, 11) is -0.926. The average Bonchev–Trinajstić information content (AvgIpc) is 1.58. The first-order valence-electron chi connectivity index (χ1n) is 2.66. The second kappa shape index (κ2) is 4.98. The van der Waals surface area contributed by atoms with Crippen molar-refractivity contribution < 1.29 is 4.79 Å². The van der Waals surface area contributed by atoms with E-state index < -0.39 is 9.15 Å². The van der Waals surface area contributed by atoms with Crippen molar-refractivity contribution in [2.45, 2.75) is 13.8 Å². The van der Waals surface area contributed by atoms with E-state index in [2.05, 4.69) is 28.0 Å². The molecule has 0 spiro atoms. The van der Waals surface area contributed by atoms with Gasteiger partial charge in [-0.05, 0) is 13.8 Å². The molecule has 0 atom stereocenters. The maximum absolute atomic E-state index is 10.8. The number of carbonyl (C=O) groups is 1. The Kier molecular flexibility index (Phi) is 5.11. The number of hydrogen-bond acceptors (Lipinski definition) is 3. The maximum Gasteiger partial charge on any atom is 0.253 e. The third kappa shape index (κ3) is 6.38. The minimum atomic E-state index is -0.926. The van der Waals surface area contributed by atoms with Crippen molar-refractivity contribution in [1.82, 2.24) is 4.72 Å². The highest BCUT2D eigenvalue weighted by Gasteiger charge is 1.95. The summed E-state index contributed by atoms with van der Waals surface area (Å²) in [5.74, 6) is -0.129. The van der Waals surface area contributed by atoms with Gasteiger partial charge in [-0.2, -0.15) is 0 Å². The lowest BCUT2D eigenvalue weighted by Gasteiger charge is -2.06. The molecule has 0 unspecified atom stereocenters. The zero-order valence-corrected chi connectivity index (χ0v) is 8.51. The molecule has 0 fully saturated rings. The van der Waals surface area contributed by atoms with E-state index in [0.717, 1.165) is 5.57 Å². The Morgan fingerprint density at radius 3 is 2.30 bits per heavy atom. The molecule has 5 heteroatoms. The lowest BCUT2D eigenvalue weighted by Crippen LogP contribution is -2.13. The van der Waals surface area contributed by atoms with Crippen LogP contribution < -0.4 is 4.72 Å². The first kappa shape index (κ1) is 10.3. The van der Waals surface area contributed by atoms with Crippen LogP contribution in [0.25, 0.3) is 0 Å². The lowest BCUT2D eigenvalue weighted by molar-refractivity contribution is -0.114. The van der Waals surface area contributed by atoms with E-state index in [1.54, 1.807) is 0 Å². The molecule has 10 heavy (non-hydrogen) atoms. The standard InChI is InChI=1S/C5H11NOS3/c1-4(2)3-5(7)6-10(8)9/h3,8-10H,1-2H3,(H,6,7). The molecule has 0 rings (SSSR count). The van der Waals surface area contributed by atoms with Gasteiger partial charge in [-0.25, -0.2) is 0 Å². The predicted molar refractivity (Wildman–Crippen MR) is 54.5 cm³/mol. The van der Waals surface area contributed by atoms with Crippen LogP contribution in [0.15, 0.2) is 11.6 Å². The topological polar surface area (TPSA) is 29.1 Å². The van der Waals surface area contributed by atoms with Gasteiger partial charge in [0.2, 0.25) is 0 Å². The minimum absolute atomic E-state index is 0.129. The Balaban J connectivity index is 3.76. The highest BCUT2D eigenvalue weighted by atomic mass is 33.5. The summed E-state index contributed by atoms with van der Waals surface area (Å²) in [5.41, 5.74) is 0.969. The zero-order chi connectivity index (χ0) is 8.15. The number of allylic oxidation sites excluding steroid dienone is 1. The van der Waals surface area contributed by atoms with Crippen LogP contribution in [-0.2, 0) is 4.79 Å². The van der Waals surface area contributed by atoms with E-state index in [0.29, 0.717) is 0 Å². The Bertz CT molecular complexity index is 151. The fraction of sp³-hybridized carbons (Fsp3) is 0.400.